The van der Waals surface area contributed by atoms with Crippen molar-refractivity contribution in [3.05, 3.63) is 60.2 Å². The molecule has 2 aromatic carbocycles. The van der Waals surface area contributed by atoms with Crippen LogP contribution in [0.1, 0.15) is 45.6 Å². The lowest BCUT2D eigenvalue weighted by Crippen LogP contribution is -2.43. The molecule has 2 rings (SSSR count). The van der Waals surface area contributed by atoms with Crippen LogP contribution in [0.3, 0.4) is 0 Å². The van der Waals surface area contributed by atoms with E-state index >= 15 is 0 Å². The Bertz CT molecular complexity index is 847. The Labute approximate surface area is 162 Å². The minimum atomic E-state index is -3.85. The van der Waals surface area contributed by atoms with Gasteiger partial charge in [-0.1, -0.05) is 51.1 Å². The summed E-state index contributed by atoms with van der Waals surface area (Å²) in [6.45, 7) is 7.75. The second-order valence-corrected chi connectivity index (χ2v) is 8.81. The first-order valence-electron chi connectivity index (χ1n) is 9.22. The number of carbonyl (C=O) groups is 1. The van der Waals surface area contributed by atoms with Gasteiger partial charge in [0.15, 0.2) is 0 Å². The number of anilines is 1. The lowest BCUT2D eigenvalue weighted by molar-refractivity contribution is -0.120. The summed E-state index contributed by atoms with van der Waals surface area (Å²) in [7, 11) is -3.85. The van der Waals surface area contributed by atoms with Crippen molar-refractivity contribution in [3.63, 3.8) is 0 Å². The number of nitrogens with one attached hydrogen (secondary N) is 1. The molecule has 5 nitrogen and oxygen atoms in total. The summed E-state index contributed by atoms with van der Waals surface area (Å²) >= 11 is 0. The third-order valence-electron chi connectivity index (χ3n) is 4.49. The molecule has 146 valence electrons. The number of sulfonamides is 1. The van der Waals surface area contributed by atoms with E-state index in [2.05, 4.69) is 19.2 Å². The Morgan fingerprint density at radius 3 is 2.11 bits per heavy atom. The van der Waals surface area contributed by atoms with Crippen molar-refractivity contribution < 1.29 is 13.2 Å². The smallest absolute Gasteiger partial charge is 0.264 e. The van der Waals surface area contributed by atoms with Gasteiger partial charge in [0.05, 0.1) is 10.6 Å². The summed E-state index contributed by atoms with van der Waals surface area (Å²) in [5, 5.41) is 2.84. The van der Waals surface area contributed by atoms with Crippen molar-refractivity contribution in [1.82, 2.24) is 5.32 Å². The zero-order valence-corrected chi connectivity index (χ0v) is 17.2. The van der Waals surface area contributed by atoms with Gasteiger partial charge in [0, 0.05) is 6.04 Å². The Morgan fingerprint density at radius 2 is 1.59 bits per heavy atom. The molecule has 0 aliphatic carbocycles. The average molecular weight is 389 g/mol. The first-order chi connectivity index (χ1) is 12.8. The minimum absolute atomic E-state index is 0.0119. The molecule has 27 heavy (non-hydrogen) atoms. The molecule has 1 N–H and O–H groups in total. The van der Waals surface area contributed by atoms with Crippen molar-refractivity contribution in [2.75, 3.05) is 10.8 Å². The van der Waals surface area contributed by atoms with E-state index < -0.39 is 10.0 Å². The van der Waals surface area contributed by atoms with Gasteiger partial charge in [0.2, 0.25) is 5.91 Å². The number of hydrogen-bond donors (Lipinski definition) is 1. The van der Waals surface area contributed by atoms with Crippen LogP contribution in [-0.4, -0.2) is 26.9 Å². The van der Waals surface area contributed by atoms with E-state index in [1.807, 2.05) is 26.0 Å². The maximum atomic E-state index is 13.2. The van der Waals surface area contributed by atoms with Crippen molar-refractivity contribution in [2.45, 2.75) is 51.0 Å². The Hall–Kier alpha value is -2.34. The van der Waals surface area contributed by atoms with E-state index in [9.17, 15) is 13.2 Å². The van der Waals surface area contributed by atoms with E-state index in [1.54, 1.807) is 30.3 Å². The van der Waals surface area contributed by atoms with Gasteiger partial charge in [0.1, 0.15) is 6.54 Å². The van der Waals surface area contributed by atoms with Gasteiger partial charge in [-0.3, -0.25) is 9.10 Å². The highest BCUT2D eigenvalue weighted by atomic mass is 32.2. The van der Waals surface area contributed by atoms with Gasteiger partial charge >= 0.3 is 0 Å². The van der Waals surface area contributed by atoms with Gasteiger partial charge in [-0.05, 0) is 49.1 Å². The summed E-state index contributed by atoms with van der Waals surface area (Å²) in [4.78, 5) is 12.6. The molecule has 0 bridgehead atoms. The molecule has 0 aliphatic rings. The maximum absolute atomic E-state index is 13.2. The highest BCUT2D eigenvalue weighted by Gasteiger charge is 2.27. The number of benzene rings is 2. The maximum Gasteiger partial charge on any atom is 0.264 e. The number of carbonyl (C=O) groups excluding carboxylic acids is 1. The fourth-order valence-electron chi connectivity index (χ4n) is 2.61. The van der Waals surface area contributed by atoms with Gasteiger partial charge < -0.3 is 5.32 Å². The van der Waals surface area contributed by atoms with Gasteiger partial charge in [-0.15, -0.1) is 0 Å². The molecule has 0 saturated carbocycles. The molecule has 1 amide bonds. The molecule has 0 heterocycles. The normalized spacial score (nSPS) is 12.6. The second-order valence-electron chi connectivity index (χ2n) is 6.95. The summed E-state index contributed by atoms with van der Waals surface area (Å²) < 4.78 is 27.5. The van der Waals surface area contributed by atoms with Crippen molar-refractivity contribution >= 4 is 21.6 Å². The Morgan fingerprint density at radius 1 is 1.00 bits per heavy atom. The van der Waals surface area contributed by atoms with Gasteiger partial charge in [0.25, 0.3) is 10.0 Å². The highest BCUT2D eigenvalue weighted by molar-refractivity contribution is 7.92. The molecular formula is C21H28N2O3S. The van der Waals surface area contributed by atoms with E-state index in [0.717, 1.165) is 12.0 Å². The topological polar surface area (TPSA) is 66.5 Å². The molecule has 1 atom stereocenters. The fourth-order valence-corrected chi connectivity index (χ4v) is 4.06. The third-order valence-corrected chi connectivity index (χ3v) is 6.27. The third kappa shape index (κ3) is 5.32. The molecule has 0 aliphatic heterocycles. The number of amides is 1. The molecule has 6 heteroatoms. The number of hydrogen-bond acceptors (Lipinski definition) is 3. The molecule has 0 fully saturated rings. The largest absolute Gasteiger partial charge is 0.352 e. The van der Waals surface area contributed by atoms with Crippen LogP contribution in [0.5, 0.6) is 0 Å². The lowest BCUT2D eigenvalue weighted by atomic mass is 10.0. The predicted octanol–water partition coefficient (Wildman–Crippen LogP) is 3.92. The molecule has 0 spiro atoms. The van der Waals surface area contributed by atoms with Gasteiger partial charge in [-0.2, -0.15) is 0 Å². The molecule has 2 aromatic rings. The summed E-state index contributed by atoms with van der Waals surface area (Å²) in [6, 6.07) is 15.5. The Kier molecular flexibility index (Phi) is 7.02. The first-order valence-corrected chi connectivity index (χ1v) is 10.7. The Balaban J connectivity index is 2.40. The monoisotopic (exact) mass is 388 g/mol. The van der Waals surface area contributed by atoms with Crippen LogP contribution < -0.4 is 9.62 Å². The molecule has 1 unspecified atom stereocenters. The van der Waals surface area contributed by atoms with Gasteiger partial charge in [-0.25, -0.2) is 8.42 Å². The van der Waals surface area contributed by atoms with Crippen LogP contribution in [-0.2, 0) is 14.8 Å². The molecule has 0 aromatic heterocycles. The summed E-state index contributed by atoms with van der Waals surface area (Å²) in [6.07, 6.45) is 0.778. The standard InChI is InChI=1S/C21H28N2O3S/c1-5-17(4)22-21(24)15-23(19-13-11-18(12-14-19)16(2)3)27(25,26)20-9-7-6-8-10-20/h6-14,16-17H,5,15H2,1-4H3,(H,22,24). The number of nitrogens with zero attached hydrogens (tertiary/aromatic N) is 1. The van der Waals surface area contributed by atoms with Crippen LogP contribution in [0, 0.1) is 0 Å². The average Bonchev–Trinajstić information content (AvgIpc) is 2.66. The van der Waals surface area contributed by atoms with Crippen LogP contribution in [0.2, 0.25) is 0 Å². The fraction of sp³-hybridized carbons (Fsp3) is 0.381. The molecule has 0 saturated heterocycles. The first kappa shape index (κ1) is 21.0. The molecular weight excluding hydrogens is 360 g/mol. The van der Waals surface area contributed by atoms with E-state index in [-0.39, 0.29) is 23.4 Å². The zero-order chi connectivity index (χ0) is 20.0. The van der Waals surface area contributed by atoms with E-state index in [4.69, 9.17) is 0 Å². The van der Waals surface area contributed by atoms with Crippen LogP contribution in [0.25, 0.3) is 0 Å². The molecule has 0 radical (unpaired) electrons. The van der Waals surface area contributed by atoms with Crippen molar-refractivity contribution in [3.8, 4) is 0 Å². The predicted molar refractivity (Wildman–Crippen MR) is 109 cm³/mol. The quantitative estimate of drug-likeness (QED) is 0.745. The lowest BCUT2D eigenvalue weighted by Gasteiger charge is -2.25. The number of rotatable bonds is 8. The van der Waals surface area contributed by atoms with E-state index in [1.165, 1.54) is 16.4 Å². The summed E-state index contributed by atoms with van der Waals surface area (Å²) in [5.74, 6) is 0.0173. The SMILES string of the molecule is CCC(C)NC(=O)CN(c1ccc(C(C)C)cc1)S(=O)(=O)c1ccccc1. The van der Waals surface area contributed by atoms with Crippen molar-refractivity contribution in [2.24, 2.45) is 0 Å². The highest BCUT2D eigenvalue weighted by Crippen LogP contribution is 2.25. The van der Waals surface area contributed by atoms with E-state index in [0.29, 0.717) is 11.6 Å². The van der Waals surface area contributed by atoms with Crippen molar-refractivity contribution in [1.29, 1.82) is 0 Å². The minimum Gasteiger partial charge on any atom is -0.352 e. The second kappa shape index (κ2) is 9.04. The van der Waals surface area contributed by atoms with Crippen LogP contribution in [0.15, 0.2) is 59.5 Å². The summed E-state index contributed by atoms with van der Waals surface area (Å²) in [5.41, 5.74) is 1.59. The van der Waals surface area contributed by atoms with Crippen LogP contribution in [0.4, 0.5) is 5.69 Å². The zero-order valence-electron chi connectivity index (χ0n) is 16.3. The van der Waals surface area contributed by atoms with Crippen LogP contribution >= 0.6 is 0 Å².